The van der Waals surface area contributed by atoms with Crippen LogP contribution in [0.5, 0.6) is 11.5 Å². The second-order valence-corrected chi connectivity index (χ2v) is 7.81. The molecule has 12 heteroatoms. The first kappa shape index (κ1) is 24.1. The van der Waals surface area contributed by atoms with Gasteiger partial charge in [-0.15, -0.1) is 0 Å². The number of ether oxygens (including phenoxy) is 1. The summed E-state index contributed by atoms with van der Waals surface area (Å²) in [6.07, 6.45) is 2.12. The van der Waals surface area contributed by atoms with Crippen LogP contribution in [0.3, 0.4) is 0 Å². The highest BCUT2D eigenvalue weighted by Gasteiger charge is 2.58. The molecule has 0 radical (unpaired) electrons. The molecule has 7 nitrogen and oxygen atoms in total. The van der Waals surface area contributed by atoms with E-state index >= 15 is 8.78 Å². The molecular weight excluding hydrogens is 486 g/mol. The first-order valence-corrected chi connectivity index (χ1v) is 10.4. The Hall–Kier alpha value is -4.08. The molecule has 1 atom stereocenters. The zero-order valence-electron chi connectivity index (χ0n) is 17.6. The van der Waals surface area contributed by atoms with Crippen molar-refractivity contribution in [2.75, 3.05) is 0 Å². The maximum Gasteiger partial charge on any atom is 0.323 e. The van der Waals surface area contributed by atoms with Gasteiger partial charge in [-0.2, -0.15) is 19.1 Å². The third kappa shape index (κ3) is 4.64. The average Bonchev–Trinajstić information content (AvgIpc) is 3.23. The molecule has 2 N–H and O–H groups in total. The van der Waals surface area contributed by atoms with Crippen molar-refractivity contribution in [2.45, 2.75) is 18.1 Å². The number of aromatic amines is 1. The van der Waals surface area contributed by atoms with Crippen LogP contribution in [-0.4, -0.2) is 24.9 Å². The molecule has 1 unspecified atom stereocenters. The molecule has 0 amide bonds. The van der Waals surface area contributed by atoms with E-state index in [0.29, 0.717) is 17.4 Å². The Morgan fingerprint density at radius 2 is 1.80 bits per heavy atom. The predicted molar refractivity (Wildman–Crippen MR) is 117 cm³/mol. The van der Waals surface area contributed by atoms with E-state index in [-0.39, 0.29) is 10.5 Å². The Bertz CT molecular complexity index is 1450. The van der Waals surface area contributed by atoms with E-state index in [4.69, 9.17) is 22.2 Å². The summed E-state index contributed by atoms with van der Waals surface area (Å²) in [5.74, 6) is -6.14. The summed E-state index contributed by atoms with van der Waals surface area (Å²) in [4.78, 5) is 6.23. The minimum atomic E-state index is -4.19. The van der Waals surface area contributed by atoms with E-state index in [1.165, 1.54) is 30.3 Å². The maximum absolute atomic E-state index is 15.8. The number of halogens is 4. The van der Waals surface area contributed by atoms with Crippen LogP contribution in [0.15, 0.2) is 67.1 Å². The number of nitriles is 1. The van der Waals surface area contributed by atoms with E-state index < -0.39 is 41.0 Å². The third-order valence-electron chi connectivity index (χ3n) is 5.17. The Morgan fingerprint density at radius 3 is 2.37 bits per heavy atom. The van der Waals surface area contributed by atoms with Crippen LogP contribution in [0.1, 0.15) is 16.8 Å². The molecule has 0 saturated heterocycles. The van der Waals surface area contributed by atoms with Crippen LogP contribution in [0.4, 0.5) is 17.6 Å². The lowest BCUT2D eigenvalue weighted by Gasteiger charge is -2.36. The molecule has 4 aromatic rings. The lowest BCUT2D eigenvalue weighted by molar-refractivity contribution is -0.207. The van der Waals surface area contributed by atoms with Gasteiger partial charge in [0, 0.05) is 11.6 Å². The van der Waals surface area contributed by atoms with Gasteiger partial charge in [0.25, 0.3) is 0 Å². The monoisotopic (exact) mass is 501 g/mol. The van der Waals surface area contributed by atoms with Crippen LogP contribution in [0, 0.1) is 27.7 Å². The minimum Gasteiger partial charge on any atom is -0.456 e. The molecule has 0 saturated carbocycles. The molecule has 0 fully saturated rings. The van der Waals surface area contributed by atoms with Gasteiger partial charge in [0.2, 0.25) is 0 Å². The van der Waals surface area contributed by atoms with Crippen LogP contribution in [0.2, 0.25) is 0 Å². The number of nitrogens with zero attached hydrogens (tertiary/aromatic N) is 4. The smallest absolute Gasteiger partial charge is 0.323 e. The minimum absolute atomic E-state index is 0.0964. The molecule has 2 aromatic heterocycles. The van der Waals surface area contributed by atoms with Gasteiger partial charge in [-0.1, -0.05) is 0 Å². The summed E-state index contributed by atoms with van der Waals surface area (Å²) in [6.45, 7) is -0.962. The Morgan fingerprint density at radius 1 is 1.09 bits per heavy atom. The molecule has 35 heavy (non-hydrogen) atoms. The zero-order chi connectivity index (χ0) is 25.2. The topological polar surface area (TPSA) is 99.7 Å². The van der Waals surface area contributed by atoms with Gasteiger partial charge >= 0.3 is 5.92 Å². The van der Waals surface area contributed by atoms with E-state index in [1.807, 2.05) is 6.07 Å². The molecule has 0 spiro atoms. The van der Waals surface area contributed by atoms with Crippen molar-refractivity contribution in [2.24, 2.45) is 0 Å². The van der Waals surface area contributed by atoms with Crippen molar-refractivity contribution in [3.05, 3.63) is 100 Å². The summed E-state index contributed by atoms with van der Waals surface area (Å²) < 4.78 is 66.0. The van der Waals surface area contributed by atoms with Crippen molar-refractivity contribution in [3.63, 3.8) is 0 Å². The number of pyridine rings is 1. The first-order valence-electron chi connectivity index (χ1n) is 9.95. The number of alkyl halides is 2. The number of hydrogen-bond acceptors (Lipinski definition) is 6. The van der Waals surface area contributed by atoms with Gasteiger partial charge in [-0.3, -0.25) is 4.98 Å². The fourth-order valence-corrected chi connectivity index (χ4v) is 3.52. The highest BCUT2D eigenvalue weighted by molar-refractivity contribution is 7.71. The molecule has 0 bridgehead atoms. The summed E-state index contributed by atoms with van der Waals surface area (Å²) in [7, 11) is 0. The molecule has 178 valence electrons. The molecule has 0 aliphatic rings. The fourth-order valence-electron chi connectivity index (χ4n) is 3.36. The Kier molecular flexibility index (Phi) is 6.38. The Labute approximate surface area is 200 Å². The summed E-state index contributed by atoms with van der Waals surface area (Å²) in [5, 5.41) is 23.9. The highest BCUT2D eigenvalue weighted by Crippen LogP contribution is 2.47. The standard InChI is InChI=1S/C23H15F4N5O2S/c24-15-3-7-18(19(25)9-15)22(33,12-32-21(35)30-13-31-32)23(26,27)20-8-6-17(11-29-20)34-16-4-1-14(10-28)2-5-16/h1-9,11,13,33H,12H2,(H,30,31,35). The molecular formula is C23H15F4N5O2S. The van der Waals surface area contributed by atoms with E-state index in [1.54, 1.807) is 0 Å². The fraction of sp³-hybridized carbons (Fsp3) is 0.130. The molecule has 2 heterocycles. The second-order valence-electron chi connectivity index (χ2n) is 7.43. The van der Waals surface area contributed by atoms with E-state index in [0.717, 1.165) is 35.4 Å². The van der Waals surface area contributed by atoms with Crippen molar-refractivity contribution in [3.8, 4) is 17.6 Å². The van der Waals surface area contributed by atoms with Crippen LogP contribution < -0.4 is 4.74 Å². The lowest BCUT2D eigenvalue weighted by Crippen LogP contribution is -2.48. The van der Waals surface area contributed by atoms with Gasteiger partial charge in [0.15, 0.2) is 10.4 Å². The van der Waals surface area contributed by atoms with E-state index in [2.05, 4.69) is 15.1 Å². The highest BCUT2D eigenvalue weighted by atomic mass is 32.1. The summed E-state index contributed by atoms with van der Waals surface area (Å²) in [5.41, 5.74) is -4.61. The maximum atomic E-state index is 15.8. The normalized spacial score (nSPS) is 13.1. The van der Waals surface area contributed by atoms with Crippen LogP contribution in [0.25, 0.3) is 0 Å². The lowest BCUT2D eigenvalue weighted by atomic mass is 9.84. The van der Waals surface area contributed by atoms with E-state index in [9.17, 15) is 13.9 Å². The van der Waals surface area contributed by atoms with Crippen molar-refractivity contribution in [1.82, 2.24) is 19.7 Å². The number of benzene rings is 2. The van der Waals surface area contributed by atoms with Crippen molar-refractivity contribution in [1.29, 1.82) is 5.26 Å². The first-order chi connectivity index (χ1) is 16.6. The van der Waals surface area contributed by atoms with Gasteiger partial charge in [0.1, 0.15) is 35.2 Å². The van der Waals surface area contributed by atoms with Gasteiger partial charge in [-0.25, -0.2) is 13.5 Å². The quantitative estimate of drug-likeness (QED) is 0.274. The number of aliphatic hydroxyl groups is 1. The number of aromatic nitrogens is 4. The van der Waals surface area contributed by atoms with Crippen LogP contribution >= 0.6 is 12.2 Å². The summed E-state index contributed by atoms with van der Waals surface area (Å²) >= 11 is 4.98. The number of H-pyrrole nitrogens is 1. The third-order valence-corrected chi connectivity index (χ3v) is 5.50. The molecule has 0 aliphatic carbocycles. The predicted octanol–water partition coefficient (Wildman–Crippen LogP) is 4.96. The molecule has 2 aromatic carbocycles. The second kappa shape index (κ2) is 9.28. The Balaban J connectivity index is 1.71. The van der Waals surface area contributed by atoms with Gasteiger partial charge in [0.05, 0.1) is 24.4 Å². The van der Waals surface area contributed by atoms with Crippen molar-refractivity contribution >= 4 is 12.2 Å². The average molecular weight is 501 g/mol. The number of rotatable bonds is 7. The molecule has 0 aliphatic heterocycles. The van der Waals surface area contributed by atoms with Crippen molar-refractivity contribution < 1.29 is 27.4 Å². The van der Waals surface area contributed by atoms with Gasteiger partial charge < -0.3 is 14.8 Å². The summed E-state index contributed by atoms with van der Waals surface area (Å²) in [6, 6.07) is 12.0. The van der Waals surface area contributed by atoms with Crippen LogP contribution in [-0.2, 0) is 18.1 Å². The number of hydrogen-bond donors (Lipinski definition) is 2. The zero-order valence-corrected chi connectivity index (χ0v) is 18.4. The molecule has 4 rings (SSSR count). The van der Waals surface area contributed by atoms with Gasteiger partial charge in [-0.05, 0) is 60.7 Å². The largest absolute Gasteiger partial charge is 0.456 e. The SMILES string of the molecule is N#Cc1ccc(Oc2ccc(C(F)(F)C(O)(Cn3nc[nH]c3=S)c3ccc(F)cc3F)nc2)cc1. The number of nitrogens with one attached hydrogen (secondary N) is 1.